The van der Waals surface area contributed by atoms with Crippen molar-refractivity contribution in [2.45, 2.75) is 51.1 Å². The van der Waals surface area contributed by atoms with Crippen molar-refractivity contribution in [2.75, 3.05) is 0 Å². The molecule has 0 saturated heterocycles. The van der Waals surface area contributed by atoms with E-state index in [1.165, 1.54) is 0 Å². The van der Waals surface area contributed by atoms with Gasteiger partial charge in [0.1, 0.15) is 18.1 Å². The number of aliphatic hydroxyl groups excluding tert-OH is 1. The molecule has 2 N–H and O–H groups in total. The summed E-state index contributed by atoms with van der Waals surface area (Å²) in [5, 5.41) is 12.0. The van der Waals surface area contributed by atoms with E-state index in [4.69, 9.17) is 9.52 Å². The Hall–Kier alpha value is -1.01. The number of aliphatic hydroxyl groups is 1. The molecule has 1 saturated carbocycles. The largest absolute Gasteiger partial charge is 0.462 e. The molecule has 1 aromatic heterocycles. The Bertz CT molecular complexity index is 403. The maximum absolute atomic E-state index is 12.7. The van der Waals surface area contributed by atoms with E-state index in [-0.39, 0.29) is 25.5 Å². The number of nitrogens with one attached hydrogen (secondary N) is 1. The van der Waals surface area contributed by atoms with E-state index < -0.39 is 12.1 Å². The number of furan rings is 1. The number of alkyl halides is 3. The maximum Gasteiger partial charge on any atom is 0.391 e. The van der Waals surface area contributed by atoms with Crippen molar-refractivity contribution in [1.82, 2.24) is 5.32 Å². The van der Waals surface area contributed by atoms with Crippen molar-refractivity contribution in [3.8, 4) is 0 Å². The first-order chi connectivity index (χ1) is 8.99. The summed E-state index contributed by atoms with van der Waals surface area (Å²) >= 11 is 0. The van der Waals surface area contributed by atoms with E-state index in [0.29, 0.717) is 24.5 Å². The summed E-state index contributed by atoms with van der Waals surface area (Å²) in [5.74, 6) is -0.0878. The Morgan fingerprint density at radius 2 is 2.00 bits per heavy atom. The Labute approximate surface area is 109 Å². The highest BCUT2D eigenvalue weighted by molar-refractivity contribution is 5.06. The van der Waals surface area contributed by atoms with Crippen LogP contribution in [0.1, 0.15) is 37.2 Å². The van der Waals surface area contributed by atoms with E-state index >= 15 is 0 Å². The molecule has 0 aromatic carbocycles. The molecule has 0 amide bonds. The summed E-state index contributed by atoms with van der Waals surface area (Å²) in [6, 6.07) is 3.27. The SMILES string of the molecule is OCc1ccc(CNC2CCCC(C(F)(F)F)C2)o1. The second-order valence-electron chi connectivity index (χ2n) is 5.01. The van der Waals surface area contributed by atoms with E-state index in [0.717, 1.165) is 6.42 Å². The number of hydrogen-bond acceptors (Lipinski definition) is 3. The predicted octanol–water partition coefficient (Wildman–Crippen LogP) is 2.98. The topological polar surface area (TPSA) is 45.4 Å². The van der Waals surface area contributed by atoms with Crippen LogP contribution in [0.25, 0.3) is 0 Å². The highest BCUT2D eigenvalue weighted by atomic mass is 19.4. The lowest BCUT2D eigenvalue weighted by atomic mass is 9.85. The standard InChI is InChI=1S/C13H18F3NO2/c14-13(15,16)9-2-1-3-10(6-9)17-7-11-4-5-12(8-18)19-11/h4-5,9-10,17-18H,1-3,6-8H2. The fourth-order valence-electron chi connectivity index (χ4n) is 2.52. The summed E-state index contributed by atoms with van der Waals surface area (Å²) in [5.41, 5.74) is 0. The lowest BCUT2D eigenvalue weighted by molar-refractivity contribution is -0.183. The average Bonchev–Trinajstić information content (AvgIpc) is 2.84. The van der Waals surface area contributed by atoms with Crippen LogP contribution in [0.5, 0.6) is 0 Å². The van der Waals surface area contributed by atoms with E-state index in [1.807, 2.05) is 0 Å². The smallest absolute Gasteiger partial charge is 0.391 e. The molecule has 0 aliphatic heterocycles. The number of hydrogen-bond donors (Lipinski definition) is 2. The lowest BCUT2D eigenvalue weighted by Crippen LogP contribution is -2.38. The Kier molecular flexibility index (Phi) is 4.52. The van der Waals surface area contributed by atoms with Crippen LogP contribution in [-0.4, -0.2) is 17.3 Å². The van der Waals surface area contributed by atoms with Crippen LogP contribution >= 0.6 is 0 Å². The number of halogens is 3. The lowest BCUT2D eigenvalue weighted by Gasteiger charge is -2.30. The normalized spacial score (nSPS) is 24.6. The van der Waals surface area contributed by atoms with Crippen LogP contribution in [0, 0.1) is 5.92 Å². The molecular weight excluding hydrogens is 259 g/mol. The first kappa shape index (κ1) is 14.4. The van der Waals surface area contributed by atoms with Gasteiger partial charge in [0.05, 0.1) is 12.5 Å². The third-order valence-electron chi connectivity index (χ3n) is 3.58. The molecule has 3 nitrogen and oxygen atoms in total. The first-order valence-electron chi connectivity index (χ1n) is 6.47. The minimum Gasteiger partial charge on any atom is -0.462 e. The van der Waals surface area contributed by atoms with Crippen LogP contribution in [0.2, 0.25) is 0 Å². The molecule has 0 spiro atoms. The predicted molar refractivity (Wildman–Crippen MR) is 63.3 cm³/mol. The molecule has 1 aliphatic carbocycles. The Morgan fingerprint density at radius 3 is 2.63 bits per heavy atom. The second-order valence-corrected chi connectivity index (χ2v) is 5.01. The molecule has 6 heteroatoms. The van der Waals surface area contributed by atoms with Crippen LogP contribution in [0.3, 0.4) is 0 Å². The molecule has 1 heterocycles. The average molecular weight is 277 g/mol. The van der Waals surface area contributed by atoms with Gasteiger partial charge in [0.2, 0.25) is 0 Å². The summed E-state index contributed by atoms with van der Waals surface area (Å²) in [4.78, 5) is 0. The zero-order valence-corrected chi connectivity index (χ0v) is 10.5. The van der Waals surface area contributed by atoms with Crippen LogP contribution in [0.4, 0.5) is 13.2 Å². The molecular formula is C13H18F3NO2. The van der Waals surface area contributed by atoms with Gasteiger partial charge in [-0.2, -0.15) is 13.2 Å². The van der Waals surface area contributed by atoms with Crippen LogP contribution in [0.15, 0.2) is 16.5 Å². The van der Waals surface area contributed by atoms with Gasteiger partial charge in [-0.1, -0.05) is 6.42 Å². The van der Waals surface area contributed by atoms with Gasteiger partial charge in [0, 0.05) is 6.04 Å². The van der Waals surface area contributed by atoms with Gasteiger partial charge in [-0.25, -0.2) is 0 Å². The fourth-order valence-corrected chi connectivity index (χ4v) is 2.52. The molecule has 2 unspecified atom stereocenters. The third-order valence-corrected chi connectivity index (χ3v) is 3.58. The Balaban J connectivity index is 1.82. The van der Waals surface area contributed by atoms with Gasteiger partial charge in [-0.05, 0) is 31.4 Å². The highest BCUT2D eigenvalue weighted by Gasteiger charge is 2.41. The molecule has 1 aromatic rings. The molecule has 2 atom stereocenters. The fraction of sp³-hybridized carbons (Fsp3) is 0.692. The second kappa shape index (κ2) is 5.96. The van der Waals surface area contributed by atoms with Gasteiger partial charge in [-0.3, -0.25) is 0 Å². The molecule has 1 fully saturated rings. The van der Waals surface area contributed by atoms with Crippen molar-refractivity contribution in [2.24, 2.45) is 5.92 Å². The van der Waals surface area contributed by atoms with Gasteiger partial charge >= 0.3 is 6.18 Å². The minimum absolute atomic E-state index is 0.122. The van der Waals surface area contributed by atoms with E-state index in [2.05, 4.69) is 5.32 Å². The molecule has 2 rings (SSSR count). The van der Waals surface area contributed by atoms with Gasteiger partial charge < -0.3 is 14.8 Å². The van der Waals surface area contributed by atoms with Gasteiger partial charge in [-0.15, -0.1) is 0 Å². The van der Waals surface area contributed by atoms with E-state index in [9.17, 15) is 13.2 Å². The molecule has 19 heavy (non-hydrogen) atoms. The van der Waals surface area contributed by atoms with Crippen LogP contribution < -0.4 is 5.32 Å². The minimum atomic E-state index is -4.09. The molecule has 0 bridgehead atoms. The maximum atomic E-state index is 12.7. The van der Waals surface area contributed by atoms with Crippen molar-refractivity contribution in [3.63, 3.8) is 0 Å². The van der Waals surface area contributed by atoms with Crippen molar-refractivity contribution < 1.29 is 22.7 Å². The Morgan fingerprint density at radius 1 is 1.26 bits per heavy atom. The summed E-state index contributed by atoms with van der Waals surface area (Å²) in [7, 11) is 0. The highest BCUT2D eigenvalue weighted by Crippen LogP contribution is 2.37. The first-order valence-corrected chi connectivity index (χ1v) is 6.47. The zero-order valence-electron chi connectivity index (χ0n) is 10.5. The third kappa shape index (κ3) is 3.98. The number of rotatable bonds is 4. The van der Waals surface area contributed by atoms with Crippen molar-refractivity contribution >= 4 is 0 Å². The quantitative estimate of drug-likeness (QED) is 0.889. The monoisotopic (exact) mass is 277 g/mol. The van der Waals surface area contributed by atoms with Gasteiger partial charge in [0.25, 0.3) is 0 Å². The zero-order chi connectivity index (χ0) is 13.9. The van der Waals surface area contributed by atoms with Crippen molar-refractivity contribution in [3.05, 3.63) is 23.7 Å². The van der Waals surface area contributed by atoms with Crippen molar-refractivity contribution in [1.29, 1.82) is 0 Å². The van der Waals surface area contributed by atoms with Gasteiger partial charge in [0.15, 0.2) is 0 Å². The summed E-state index contributed by atoms with van der Waals surface area (Å²) in [6.07, 6.45) is -2.36. The van der Waals surface area contributed by atoms with E-state index in [1.54, 1.807) is 12.1 Å². The molecule has 108 valence electrons. The molecule has 1 aliphatic rings. The summed E-state index contributed by atoms with van der Waals surface area (Å²) in [6.45, 7) is 0.231. The van der Waals surface area contributed by atoms with Crippen LogP contribution in [-0.2, 0) is 13.2 Å². The molecule has 0 radical (unpaired) electrons. The summed E-state index contributed by atoms with van der Waals surface area (Å²) < 4.78 is 43.2.